The fourth-order valence-electron chi connectivity index (χ4n) is 2.84. The van der Waals surface area contributed by atoms with E-state index in [9.17, 15) is 9.59 Å². The minimum absolute atomic E-state index is 0.319. The van der Waals surface area contributed by atoms with E-state index in [1.807, 2.05) is 6.92 Å². The van der Waals surface area contributed by atoms with Gasteiger partial charge in [-0.25, -0.2) is 0 Å². The predicted molar refractivity (Wildman–Crippen MR) is 116 cm³/mol. The third-order valence-electron chi connectivity index (χ3n) is 5.28. The van der Waals surface area contributed by atoms with Crippen LogP contribution in [0.5, 0.6) is 23.0 Å². The maximum absolute atomic E-state index is 13.5. The fourth-order valence-corrected chi connectivity index (χ4v) is 2.84. The van der Waals surface area contributed by atoms with E-state index in [0.29, 0.717) is 40.5 Å². The van der Waals surface area contributed by atoms with E-state index < -0.39 is 23.3 Å². The van der Waals surface area contributed by atoms with Crippen LogP contribution >= 0.6 is 0 Å². The number of hydrogen-bond acceptors (Lipinski definition) is 7. The van der Waals surface area contributed by atoms with Gasteiger partial charge in [0.15, 0.2) is 29.1 Å². The second kappa shape index (κ2) is 10.2. The molecule has 0 aromatic heterocycles. The number of carbonyl (C=O) groups is 2. The Morgan fingerprint density at radius 1 is 0.806 bits per heavy atom. The van der Waals surface area contributed by atoms with Gasteiger partial charge in [0.2, 0.25) is 5.78 Å². The molecule has 0 N–H and O–H groups in total. The monoisotopic (exact) mass is 430 g/mol. The largest absolute Gasteiger partial charge is 0.493 e. The van der Waals surface area contributed by atoms with Crippen molar-refractivity contribution in [2.45, 2.75) is 33.3 Å². The highest BCUT2D eigenvalue weighted by molar-refractivity contribution is 6.01. The molecule has 2 aromatic rings. The summed E-state index contributed by atoms with van der Waals surface area (Å²) in [5.74, 6) is 0.960. The standard InChI is InChI=1S/C24H30O7/c1-8-24(2,3)23(26)31-22(16-10-12-18(28-5)20(14-16)30-7)21(25)15-9-11-17(27-4)19(13-15)29-6/h9-14,22H,8H2,1-7H3. The zero-order valence-corrected chi connectivity index (χ0v) is 19.1. The lowest BCUT2D eigenvalue weighted by Crippen LogP contribution is -2.30. The smallest absolute Gasteiger partial charge is 0.312 e. The van der Waals surface area contributed by atoms with Crippen LogP contribution in [0.1, 0.15) is 49.2 Å². The third-order valence-corrected chi connectivity index (χ3v) is 5.28. The number of Topliss-reactive ketones (excluding diaryl/α,β-unsaturated/α-hetero) is 1. The quantitative estimate of drug-likeness (QED) is 0.402. The van der Waals surface area contributed by atoms with Gasteiger partial charge < -0.3 is 23.7 Å². The second-order valence-electron chi connectivity index (χ2n) is 7.57. The van der Waals surface area contributed by atoms with Gasteiger partial charge in [-0.15, -0.1) is 0 Å². The Hall–Kier alpha value is -3.22. The molecule has 0 fully saturated rings. The molecule has 0 amide bonds. The SMILES string of the molecule is CCC(C)(C)C(=O)OC(C(=O)c1ccc(OC)c(OC)c1)c1ccc(OC)c(OC)c1. The average molecular weight is 430 g/mol. The van der Waals surface area contributed by atoms with Crippen LogP contribution in [0.15, 0.2) is 36.4 Å². The molecule has 0 saturated carbocycles. The van der Waals surface area contributed by atoms with Crippen LogP contribution in [0.4, 0.5) is 0 Å². The minimum Gasteiger partial charge on any atom is -0.493 e. The number of rotatable bonds is 10. The molecule has 7 nitrogen and oxygen atoms in total. The molecule has 0 bridgehead atoms. The first-order chi connectivity index (χ1) is 14.7. The van der Waals surface area contributed by atoms with Crippen molar-refractivity contribution in [3.63, 3.8) is 0 Å². The van der Waals surface area contributed by atoms with Gasteiger partial charge in [-0.1, -0.05) is 13.0 Å². The van der Waals surface area contributed by atoms with Crippen LogP contribution in [0, 0.1) is 5.41 Å². The molecule has 2 rings (SSSR count). The van der Waals surface area contributed by atoms with Gasteiger partial charge in [-0.2, -0.15) is 0 Å². The Kier molecular flexibility index (Phi) is 7.91. The Bertz CT molecular complexity index is 934. The maximum Gasteiger partial charge on any atom is 0.312 e. The molecule has 1 unspecified atom stereocenters. The first-order valence-corrected chi connectivity index (χ1v) is 9.91. The van der Waals surface area contributed by atoms with Gasteiger partial charge in [-0.05, 0) is 50.6 Å². The predicted octanol–water partition coefficient (Wildman–Crippen LogP) is 4.62. The summed E-state index contributed by atoms with van der Waals surface area (Å²) in [7, 11) is 6.02. The summed E-state index contributed by atoms with van der Waals surface area (Å²) < 4.78 is 26.9. The maximum atomic E-state index is 13.5. The Morgan fingerprint density at radius 3 is 1.84 bits per heavy atom. The van der Waals surface area contributed by atoms with E-state index >= 15 is 0 Å². The number of esters is 1. The van der Waals surface area contributed by atoms with E-state index in [-0.39, 0.29) is 0 Å². The average Bonchev–Trinajstić information content (AvgIpc) is 2.80. The van der Waals surface area contributed by atoms with E-state index in [1.54, 1.807) is 50.2 Å². The summed E-state index contributed by atoms with van der Waals surface area (Å²) >= 11 is 0. The number of ether oxygens (including phenoxy) is 5. The lowest BCUT2D eigenvalue weighted by Gasteiger charge is -2.25. The number of hydrogen-bond donors (Lipinski definition) is 0. The molecule has 2 aromatic carbocycles. The van der Waals surface area contributed by atoms with Gasteiger partial charge in [0.05, 0.1) is 33.9 Å². The molecule has 7 heteroatoms. The molecule has 0 radical (unpaired) electrons. The molecule has 168 valence electrons. The summed E-state index contributed by atoms with van der Waals surface area (Å²) in [6.07, 6.45) is -0.606. The summed E-state index contributed by atoms with van der Waals surface area (Å²) in [5, 5.41) is 0. The van der Waals surface area contributed by atoms with Gasteiger partial charge in [0.1, 0.15) is 0 Å². The highest BCUT2D eigenvalue weighted by Crippen LogP contribution is 2.36. The Morgan fingerprint density at radius 2 is 1.32 bits per heavy atom. The van der Waals surface area contributed by atoms with Crippen LogP contribution in [0.2, 0.25) is 0 Å². The molecule has 31 heavy (non-hydrogen) atoms. The van der Waals surface area contributed by atoms with Crippen LogP contribution in [-0.2, 0) is 9.53 Å². The Balaban J connectivity index is 2.54. The fraction of sp³-hybridized carbons (Fsp3) is 0.417. The zero-order chi connectivity index (χ0) is 23.2. The number of methoxy groups -OCH3 is 4. The normalized spacial score (nSPS) is 12.0. The van der Waals surface area contributed by atoms with Crippen LogP contribution in [0.25, 0.3) is 0 Å². The van der Waals surface area contributed by atoms with Crippen molar-refractivity contribution >= 4 is 11.8 Å². The van der Waals surface area contributed by atoms with E-state index in [4.69, 9.17) is 23.7 Å². The van der Waals surface area contributed by atoms with Crippen molar-refractivity contribution in [3.05, 3.63) is 47.5 Å². The van der Waals surface area contributed by atoms with Crippen molar-refractivity contribution in [1.29, 1.82) is 0 Å². The summed E-state index contributed by atoms with van der Waals surface area (Å²) in [4.78, 5) is 26.3. The third kappa shape index (κ3) is 5.29. The Labute approximate surface area is 183 Å². The molecule has 1 atom stereocenters. The van der Waals surface area contributed by atoms with Crippen molar-refractivity contribution in [2.24, 2.45) is 5.41 Å². The van der Waals surface area contributed by atoms with Gasteiger partial charge >= 0.3 is 5.97 Å². The number of ketones is 1. The highest BCUT2D eigenvalue weighted by Gasteiger charge is 2.34. The van der Waals surface area contributed by atoms with E-state index in [0.717, 1.165) is 0 Å². The van der Waals surface area contributed by atoms with Crippen LogP contribution in [-0.4, -0.2) is 40.2 Å². The molecule has 0 saturated heterocycles. The summed E-state index contributed by atoms with van der Waals surface area (Å²) in [5.41, 5.74) is 0.0457. The van der Waals surface area contributed by atoms with Gasteiger partial charge in [0.25, 0.3) is 0 Å². The van der Waals surface area contributed by atoms with Crippen molar-refractivity contribution < 1.29 is 33.3 Å². The molecule has 0 aliphatic heterocycles. The molecule has 0 aliphatic carbocycles. The number of benzene rings is 2. The summed E-state index contributed by atoms with van der Waals surface area (Å²) in [6, 6.07) is 9.78. The first kappa shape index (κ1) is 24.1. The van der Waals surface area contributed by atoms with Gasteiger partial charge in [0, 0.05) is 11.1 Å². The molecule has 0 heterocycles. The lowest BCUT2D eigenvalue weighted by atomic mass is 9.90. The van der Waals surface area contributed by atoms with E-state index in [2.05, 4.69) is 0 Å². The topological polar surface area (TPSA) is 80.3 Å². The van der Waals surface area contributed by atoms with Crippen molar-refractivity contribution in [2.75, 3.05) is 28.4 Å². The van der Waals surface area contributed by atoms with Crippen LogP contribution in [0.3, 0.4) is 0 Å². The second-order valence-corrected chi connectivity index (χ2v) is 7.57. The lowest BCUT2D eigenvalue weighted by molar-refractivity contribution is -0.158. The van der Waals surface area contributed by atoms with Crippen molar-refractivity contribution in [1.82, 2.24) is 0 Å². The minimum atomic E-state index is -1.17. The molecule has 0 spiro atoms. The van der Waals surface area contributed by atoms with Gasteiger partial charge in [-0.3, -0.25) is 9.59 Å². The van der Waals surface area contributed by atoms with E-state index in [1.165, 1.54) is 28.4 Å². The summed E-state index contributed by atoms with van der Waals surface area (Å²) in [6.45, 7) is 5.45. The highest BCUT2D eigenvalue weighted by atomic mass is 16.5. The molecular formula is C24H30O7. The zero-order valence-electron chi connectivity index (χ0n) is 19.1. The van der Waals surface area contributed by atoms with Crippen molar-refractivity contribution in [3.8, 4) is 23.0 Å². The first-order valence-electron chi connectivity index (χ1n) is 9.91. The number of carbonyl (C=O) groups excluding carboxylic acids is 2. The molecular weight excluding hydrogens is 400 g/mol. The molecule has 0 aliphatic rings. The van der Waals surface area contributed by atoms with Crippen LogP contribution < -0.4 is 18.9 Å².